The first-order valence-corrected chi connectivity index (χ1v) is 12.4. The fourth-order valence-electron chi connectivity index (χ4n) is 4.79. The van der Waals surface area contributed by atoms with Crippen molar-refractivity contribution in [2.45, 2.75) is 13.5 Å². The van der Waals surface area contributed by atoms with Crippen LogP contribution in [0.4, 0.5) is 4.39 Å². The van der Waals surface area contributed by atoms with Crippen LogP contribution in [-0.4, -0.2) is 58.5 Å². The number of carbonyl (C=O) groups excluding carboxylic acids is 1. The van der Waals surface area contributed by atoms with Crippen LogP contribution in [0.15, 0.2) is 72.8 Å². The first-order chi connectivity index (χ1) is 18.0. The number of ether oxygens (including phenoxy) is 2. The molecule has 37 heavy (non-hydrogen) atoms. The van der Waals surface area contributed by atoms with Crippen LogP contribution >= 0.6 is 0 Å². The first-order valence-electron chi connectivity index (χ1n) is 12.4. The van der Waals surface area contributed by atoms with Crippen molar-refractivity contribution in [1.82, 2.24) is 19.6 Å². The zero-order valence-electron chi connectivity index (χ0n) is 20.6. The van der Waals surface area contributed by atoms with Gasteiger partial charge >= 0.3 is 0 Å². The molecule has 0 unspecified atom stereocenters. The number of rotatable bonds is 5. The maximum Gasteiger partial charge on any atom is 0.272 e. The van der Waals surface area contributed by atoms with E-state index in [1.54, 1.807) is 28.9 Å². The summed E-state index contributed by atoms with van der Waals surface area (Å²) in [5.41, 5.74) is 4.25. The Hall–Kier alpha value is -4.17. The lowest BCUT2D eigenvalue weighted by molar-refractivity contribution is 0.0619. The van der Waals surface area contributed by atoms with Crippen LogP contribution in [0.2, 0.25) is 0 Å². The molecule has 6 rings (SSSR count). The van der Waals surface area contributed by atoms with Crippen molar-refractivity contribution in [3.05, 3.63) is 95.4 Å². The van der Waals surface area contributed by atoms with Crippen molar-refractivity contribution < 1.29 is 18.7 Å². The van der Waals surface area contributed by atoms with Gasteiger partial charge in [-0.15, -0.1) is 0 Å². The summed E-state index contributed by atoms with van der Waals surface area (Å²) in [5.74, 6) is 1.08. The predicted molar refractivity (Wildman–Crippen MR) is 137 cm³/mol. The molecule has 3 aromatic carbocycles. The van der Waals surface area contributed by atoms with Crippen LogP contribution in [0, 0.1) is 12.7 Å². The number of hydrogen-bond acceptors (Lipinski definition) is 5. The standard InChI is InChI=1S/C29H27FN4O3/c1-20-6-9-22(10-7-20)34-26(17-25(31-34)23-4-2-3-5-24(23)30)29(35)33-14-12-32(13-15-33)18-21-8-11-27-28(16-21)37-19-36-27/h2-11,16-17H,12-15,18-19H2,1H3. The van der Waals surface area contributed by atoms with E-state index in [4.69, 9.17) is 9.47 Å². The third-order valence-corrected chi connectivity index (χ3v) is 6.86. The van der Waals surface area contributed by atoms with Crippen molar-refractivity contribution in [1.29, 1.82) is 0 Å². The van der Waals surface area contributed by atoms with Crippen LogP contribution in [-0.2, 0) is 6.54 Å². The van der Waals surface area contributed by atoms with Gasteiger partial charge in [0.05, 0.1) is 11.4 Å². The smallest absolute Gasteiger partial charge is 0.272 e. The van der Waals surface area contributed by atoms with Gasteiger partial charge in [-0.3, -0.25) is 9.69 Å². The minimum absolute atomic E-state index is 0.113. The summed E-state index contributed by atoms with van der Waals surface area (Å²) < 4.78 is 27.1. The highest BCUT2D eigenvalue weighted by molar-refractivity contribution is 5.94. The van der Waals surface area contributed by atoms with E-state index in [1.807, 2.05) is 48.2 Å². The minimum Gasteiger partial charge on any atom is -0.454 e. The highest BCUT2D eigenvalue weighted by atomic mass is 19.1. The molecule has 0 radical (unpaired) electrons. The summed E-state index contributed by atoms with van der Waals surface area (Å²) in [5, 5.41) is 4.65. The molecule has 188 valence electrons. The molecule has 1 saturated heterocycles. The summed E-state index contributed by atoms with van der Waals surface area (Å²) >= 11 is 0. The van der Waals surface area contributed by atoms with Gasteiger partial charge < -0.3 is 14.4 Å². The van der Waals surface area contributed by atoms with Crippen molar-refractivity contribution >= 4 is 5.91 Å². The molecule has 0 bridgehead atoms. The van der Waals surface area contributed by atoms with E-state index in [0.717, 1.165) is 47.9 Å². The quantitative estimate of drug-likeness (QED) is 0.400. The number of nitrogens with zero attached hydrogens (tertiary/aromatic N) is 4. The average Bonchev–Trinajstić information content (AvgIpc) is 3.57. The van der Waals surface area contributed by atoms with Gasteiger partial charge in [0.2, 0.25) is 6.79 Å². The lowest BCUT2D eigenvalue weighted by Crippen LogP contribution is -2.48. The SMILES string of the molecule is Cc1ccc(-n2nc(-c3ccccc3F)cc2C(=O)N2CCN(Cc3ccc4c(c3)OCO4)CC2)cc1. The first kappa shape index (κ1) is 23.2. The van der Waals surface area contributed by atoms with E-state index < -0.39 is 0 Å². The average molecular weight is 499 g/mol. The molecule has 1 fully saturated rings. The topological polar surface area (TPSA) is 59.8 Å². The van der Waals surface area contributed by atoms with Crippen LogP contribution in [0.5, 0.6) is 11.5 Å². The van der Waals surface area contributed by atoms with Crippen LogP contribution in [0.3, 0.4) is 0 Å². The van der Waals surface area contributed by atoms with Crippen LogP contribution in [0.25, 0.3) is 16.9 Å². The Morgan fingerprint density at radius 2 is 1.68 bits per heavy atom. The van der Waals surface area contributed by atoms with E-state index in [-0.39, 0.29) is 18.5 Å². The molecule has 8 heteroatoms. The number of amides is 1. The third kappa shape index (κ3) is 4.68. The molecule has 1 aromatic heterocycles. The molecule has 7 nitrogen and oxygen atoms in total. The van der Waals surface area contributed by atoms with Gasteiger partial charge in [0.1, 0.15) is 11.5 Å². The second-order valence-electron chi connectivity index (χ2n) is 9.40. The van der Waals surface area contributed by atoms with Crippen molar-refractivity contribution in [3.8, 4) is 28.4 Å². The molecule has 0 spiro atoms. The van der Waals surface area contributed by atoms with Gasteiger partial charge in [0.25, 0.3) is 5.91 Å². The van der Waals surface area contributed by atoms with Crippen LogP contribution in [0.1, 0.15) is 21.6 Å². The Bertz CT molecular complexity index is 1440. The van der Waals surface area contributed by atoms with E-state index in [2.05, 4.69) is 16.1 Å². The second kappa shape index (κ2) is 9.71. The Morgan fingerprint density at radius 1 is 0.919 bits per heavy atom. The number of benzene rings is 3. The molecule has 0 saturated carbocycles. The third-order valence-electron chi connectivity index (χ3n) is 6.86. The number of hydrogen-bond donors (Lipinski definition) is 0. The maximum absolute atomic E-state index is 14.6. The van der Waals surface area contributed by atoms with E-state index in [0.29, 0.717) is 30.0 Å². The molecule has 4 aromatic rings. The number of fused-ring (bicyclic) bond motifs is 1. The largest absolute Gasteiger partial charge is 0.454 e. The van der Waals surface area contributed by atoms with Gasteiger partial charge in [0.15, 0.2) is 11.5 Å². The zero-order valence-corrected chi connectivity index (χ0v) is 20.6. The Morgan fingerprint density at radius 3 is 2.46 bits per heavy atom. The second-order valence-corrected chi connectivity index (χ2v) is 9.40. The summed E-state index contributed by atoms with van der Waals surface area (Å²) in [6.07, 6.45) is 0. The molecule has 0 atom stereocenters. The van der Waals surface area contributed by atoms with Crippen molar-refractivity contribution in [2.24, 2.45) is 0 Å². The number of halogens is 1. The normalized spacial score (nSPS) is 15.2. The number of aryl methyl sites for hydroxylation is 1. The summed E-state index contributed by atoms with van der Waals surface area (Å²) in [4.78, 5) is 17.9. The monoisotopic (exact) mass is 498 g/mol. The Balaban J connectivity index is 1.21. The fraction of sp³-hybridized carbons (Fsp3) is 0.241. The fourth-order valence-corrected chi connectivity index (χ4v) is 4.79. The summed E-state index contributed by atoms with van der Waals surface area (Å²) in [7, 11) is 0. The van der Waals surface area contributed by atoms with E-state index in [1.165, 1.54) is 6.07 Å². The van der Waals surface area contributed by atoms with E-state index >= 15 is 0 Å². The molecular weight excluding hydrogens is 471 g/mol. The maximum atomic E-state index is 14.6. The molecule has 2 aliphatic rings. The van der Waals surface area contributed by atoms with Crippen molar-refractivity contribution in [2.75, 3.05) is 33.0 Å². The number of aromatic nitrogens is 2. The molecule has 0 aliphatic carbocycles. The minimum atomic E-state index is -0.368. The van der Waals surface area contributed by atoms with Gasteiger partial charge in [-0.2, -0.15) is 5.10 Å². The summed E-state index contributed by atoms with van der Waals surface area (Å²) in [6, 6.07) is 22.0. The van der Waals surface area contributed by atoms with Crippen molar-refractivity contribution in [3.63, 3.8) is 0 Å². The highest BCUT2D eigenvalue weighted by Gasteiger charge is 2.27. The Labute approximate surface area is 214 Å². The predicted octanol–water partition coefficient (Wildman–Crippen LogP) is 4.67. The van der Waals surface area contributed by atoms with Crippen LogP contribution < -0.4 is 9.47 Å². The summed E-state index contributed by atoms with van der Waals surface area (Å²) in [6.45, 7) is 5.73. The van der Waals surface area contributed by atoms with Gasteiger partial charge in [-0.1, -0.05) is 35.9 Å². The van der Waals surface area contributed by atoms with Gasteiger partial charge in [-0.25, -0.2) is 9.07 Å². The van der Waals surface area contributed by atoms with Gasteiger partial charge in [-0.05, 0) is 55.0 Å². The van der Waals surface area contributed by atoms with E-state index in [9.17, 15) is 9.18 Å². The molecule has 0 N–H and O–H groups in total. The van der Waals surface area contributed by atoms with Gasteiger partial charge in [0, 0.05) is 38.3 Å². The molecular formula is C29H27FN4O3. The number of piperazine rings is 1. The number of carbonyl (C=O) groups is 1. The Kier molecular flexibility index (Phi) is 6.10. The lowest BCUT2D eigenvalue weighted by atomic mass is 10.1. The lowest BCUT2D eigenvalue weighted by Gasteiger charge is -2.34. The molecule has 3 heterocycles. The molecule has 2 aliphatic heterocycles. The highest BCUT2D eigenvalue weighted by Crippen LogP contribution is 2.33. The molecule has 1 amide bonds. The zero-order chi connectivity index (χ0) is 25.4.